The molecule has 2 amide bonds. The third-order valence-electron chi connectivity index (χ3n) is 7.98. The van der Waals surface area contributed by atoms with E-state index in [0.717, 1.165) is 30.4 Å². The summed E-state index contributed by atoms with van der Waals surface area (Å²) in [5.74, 6) is 0.887. The number of rotatable bonds is 6. The minimum Gasteiger partial charge on any atom is -0.491 e. The lowest BCUT2D eigenvalue weighted by atomic mass is 9.76. The number of urea groups is 1. The summed E-state index contributed by atoms with van der Waals surface area (Å²) >= 11 is 0. The highest BCUT2D eigenvalue weighted by atomic mass is 19.1. The Morgan fingerprint density at radius 2 is 1.62 bits per heavy atom. The van der Waals surface area contributed by atoms with Crippen molar-refractivity contribution in [2.75, 3.05) is 46.1 Å². The summed E-state index contributed by atoms with van der Waals surface area (Å²) in [4.78, 5) is 29.0. The quantitative estimate of drug-likeness (QED) is 0.557. The standard InChI is InChI=1S/C29H34F2N2O4/c30-12-16-36-26-7-3-21(4-8-26)28(20-1-5-24(31)6-2-20)22-9-13-32(14-10-22)29(35)33-15-11-27-23(18-33)17-25(34)19-37-27/h1-8,22-23,27-28H,9-19H2/t23-,27+,28+/m1/s1. The van der Waals surface area contributed by atoms with Crippen molar-refractivity contribution in [3.63, 3.8) is 0 Å². The van der Waals surface area contributed by atoms with E-state index in [2.05, 4.69) is 0 Å². The molecule has 5 rings (SSSR count). The van der Waals surface area contributed by atoms with Crippen LogP contribution in [0.4, 0.5) is 13.6 Å². The number of carbonyl (C=O) groups excluding carboxylic acids is 2. The molecular weight excluding hydrogens is 478 g/mol. The number of piperidine rings is 2. The lowest BCUT2D eigenvalue weighted by Crippen LogP contribution is -2.54. The first kappa shape index (κ1) is 25.6. The lowest BCUT2D eigenvalue weighted by Gasteiger charge is -2.43. The molecule has 3 aliphatic heterocycles. The maximum Gasteiger partial charge on any atom is 0.320 e. The fraction of sp³-hybridized carbons (Fsp3) is 0.517. The van der Waals surface area contributed by atoms with Crippen molar-refractivity contribution in [3.05, 3.63) is 65.5 Å². The van der Waals surface area contributed by atoms with Crippen LogP contribution in [0.3, 0.4) is 0 Å². The van der Waals surface area contributed by atoms with Crippen LogP contribution in [0.1, 0.15) is 42.7 Å². The average molecular weight is 513 g/mol. The van der Waals surface area contributed by atoms with Gasteiger partial charge in [0.2, 0.25) is 0 Å². The predicted octanol–water partition coefficient (Wildman–Crippen LogP) is 4.82. The zero-order chi connectivity index (χ0) is 25.8. The van der Waals surface area contributed by atoms with Crippen molar-refractivity contribution >= 4 is 11.8 Å². The number of fused-ring (bicyclic) bond motifs is 1. The van der Waals surface area contributed by atoms with E-state index in [0.29, 0.717) is 38.3 Å². The summed E-state index contributed by atoms with van der Waals surface area (Å²) in [6.07, 6.45) is 3.01. The molecule has 0 N–H and O–H groups in total. The minimum absolute atomic E-state index is 0.0228. The molecule has 3 heterocycles. The summed E-state index contributed by atoms with van der Waals surface area (Å²) in [6.45, 7) is 2.22. The van der Waals surface area contributed by atoms with Crippen LogP contribution in [0.2, 0.25) is 0 Å². The first-order valence-corrected chi connectivity index (χ1v) is 13.2. The Labute approximate surface area is 216 Å². The normalized spacial score (nSPS) is 23.5. The second kappa shape index (κ2) is 11.6. The van der Waals surface area contributed by atoms with Gasteiger partial charge in [-0.15, -0.1) is 0 Å². The number of ether oxygens (including phenoxy) is 2. The van der Waals surface area contributed by atoms with Gasteiger partial charge in [0, 0.05) is 44.4 Å². The van der Waals surface area contributed by atoms with E-state index >= 15 is 0 Å². The maximum atomic E-state index is 13.7. The SMILES string of the molecule is O=C1CO[C@H]2CCN(C(=O)N3CCC([C@@H](c4ccc(F)cc4)c4ccc(OCCF)cc4)CC3)C[C@H]2C1. The molecule has 6 nitrogen and oxygen atoms in total. The zero-order valence-corrected chi connectivity index (χ0v) is 21.0. The number of hydrogen-bond acceptors (Lipinski definition) is 4. The lowest BCUT2D eigenvalue weighted by molar-refractivity contribution is -0.140. The smallest absolute Gasteiger partial charge is 0.320 e. The second-order valence-corrected chi connectivity index (χ2v) is 10.3. The third kappa shape index (κ3) is 5.95. The third-order valence-corrected chi connectivity index (χ3v) is 7.98. The highest BCUT2D eigenvalue weighted by molar-refractivity contribution is 5.81. The van der Waals surface area contributed by atoms with Crippen LogP contribution in [0.25, 0.3) is 0 Å². The van der Waals surface area contributed by atoms with E-state index in [9.17, 15) is 18.4 Å². The number of amides is 2. The highest BCUT2D eigenvalue weighted by Crippen LogP contribution is 2.39. The molecule has 0 bridgehead atoms. The Morgan fingerprint density at radius 3 is 2.30 bits per heavy atom. The fourth-order valence-corrected chi connectivity index (χ4v) is 6.11. The monoisotopic (exact) mass is 512 g/mol. The molecule has 2 aromatic rings. The summed E-state index contributed by atoms with van der Waals surface area (Å²) in [5.41, 5.74) is 2.13. The van der Waals surface area contributed by atoms with Crippen molar-refractivity contribution in [2.45, 2.75) is 37.7 Å². The number of ketones is 1. The zero-order valence-electron chi connectivity index (χ0n) is 21.0. The van der Waals surface area contributed by atoms with Crippen molar-refractivity contribution < 1.29 is 27.8 Å². The Bertz CT molecular complexity index is 1070. The van der Waals surface area contributed by atoms with Gasteiger partial charge in [-0.25, -0.2) is 13.6 Å². The Balaban J connectivity index is 1.25. The first-order chi connectivity index (χ1) is 18.0. The Morgan fingerprint density at radius 1 is 0.973 bits per heavy atom. The minimum atomic E-state index is -0.540. The summed E-state index contributed by atoms with van der Waals surface area (Å²) < 4.78 is 37.2. The molecule has 198 valence electrons. The van der Waals surface area contributed by atoms with Crippen LogP contribution < -0.4 is 4.74 Å². The van der Waals surface area contributed by atoms with Gasteiger partial charge >= 0.3 is 6.03 Å². The van der Waals surface area contributed by atoms with E-state index < -0.39 is 6.67 Å². The first-order valence-electron chi connectivity index (χ1n) is 13.2. The molecule has 3 aliphatic rings. The number of likely N-dealkylation sites (tertiary alicyclic amines) is 2. The van der Waals surface area contributed by atoms with Crippen molar-refractivity contribution in [1.29, 1.82) is 0 Å². The van der Waals surface area contributed by atoms with Gasteiger partial charge in [-0.05, 0) is 60.6 Å². The van der Waals surface area contributed by atoms with E-state index in [4.69, 9.17) is 9.47 Å². The predicted molar refractivity (Wildman–Crippen MR) is 135 cm³/mol. The Hall–Kier alpha value is -3.00. The highest BCUT2D eigenvalue weighted by Gasteiger charge is 2.39. The van der Waals surface area contributed by atoms with Gasteiger partial charge in [0.25, 0.3) is 0 Å². The molecule has 3 fully saturated rings. The number of nitrogens with zero attached hydrogens (tertiary/aromatic N) is 2. The summed E-state index contributed by atoms with van der Waals surface area (Å²) in [7, 11) is 0. The van der Waals surface area contributed by atoms with E-state index in [1.165, 1.54) is 12.1 Å². The van der Waals surface area contributed by atoms with Gasteiger partial charge in [0.05, 0.1) is 6.10 Å². The molecule has 0 aromatic heterocycles. The topological polar surface area (TPSA) is 59.1 Å². The molecule has 0 spiro atoms. The second-order valence-electron chi connectivity index (χ2n) is 10.3. The maximum absolute atomic E-state index is 13.7. The van der Waals surface area contributed by atoms with Gasteiger partial charge in [-0.3, -0.25) is 4.79 Å². The molecule has 0 aliphatic carbocycles. The molecule has 0 saturated carbocycles. The average Bonchev–Trinajstić information content (AvgIpc) is 2.93. The number of halogens is 2. The van der Waals surface area contributed by atoms with Crippen LogP contribution in [-0.2, 0) is 9.53 Å². The van der Waals surface area contributed by atoms with Gasteiger partial charge in [0.15, 0.2) is 5.78 Å². The summed E-state index contributed by atoms with van der Waals surface area (Å²) in [5, 5.41) is 0. The molecule has 2 aromatic carbocycles. The van der Waals surface area contributed by atoms with E-state index in [1.54, 1.807) is 0 Å². The van der Waals surface area contributed by atoms with Gasteiger partial charge < -0.3 is 19.3 Å². The van der Waals surface area contributed by atoms with Crippen LogP contribution in [0.15, 0.2) is 48.5 Å². The van der Waals surface area contributed by atoms with Crippen molar-refractivity contribution in [2.24, 2.45) is 11.8 Å². The van der Waals surface area contributed by atoms with Gasteiger partial charge in [-0.1, -0.05) is 24.3 Å². The van der Waals surface area contributed by atoms with Gasteiger partial charge in [0.1, 0.15) is 31.5 Å². The van der Waals surface area contributed by atoms with Crippen molar-refractivity contribution in [1.82, 2.24) is 9.80 Å². The number of benzene rings is 2. The molecular formula is C29H34F2N2O4. The van der Waals surface area contributed by atoms with Crippen LogP contribution in [0, 0.1) is 17.7 Å². The largest absolute Gasteiger partial charge is 0.491 e. The molecule has 0 unspecified atom stereocenters. The number of carbonyl (C=O) groups is 2. The number of Topliss-reactive ketones (excluding diaryl/α,β-unsaturated/α-hetero) is 1. The number of hydrogen-bond donors (Lipinski definition) is 0. The molecule has 3 atom stereocenters. The summed E-state index contributed by atoms with van der Waals surface area (Å²) in [6, 6.07) is 14.4. The molecule has 8 heteroatoms. The Kier molecular flexibility index (Phi) is 8.03. The molecule has 3 saturated heterocycles. The van der Waals surface area contributed by atoms with Gasteiger partial charge in [-0.2, -0.15) is 0 Å². The fourth-order valence-electron chi connectivity index (χ4n) is 6.11. The van der Waals surface area contributed by atoms with Crippen molar-refractivity contribution in [3.8, 4) is 5.75 Å². The van der Waals surface area contributed by atoms with Crippen LogP contribution in [-0.4, -0.2) is 73.8 Å². The van der Waals surface area contributed by atoms with Crippen LogP contribution >= 0.6 is 0 Å². The van der Waals surface area contributed by atoms with E-state index in [1.807, 2.05) is 46.2 Å². The molecule has 37 heavy (non-hydrogen) atoms. The molecule has 0 radical (unpaired) electrons. The van der Waals surface area contributed by atoms with Crippen LogP contribution in [0.5, 0.6) is 5.75 Å². The number of alkyl halides is 1. The van der Waals surface area contributed by atoms with E-state index in [-0.39, 0.29) is 54.7 Å².